The van der Waals surface area contributed by atoms with Gasteiger partial charge in [0.1, 0.15) is 18.3 Å². The third-order valence-corrected chi connectivity index (χ3v) is 8.55. The first-order chi connectivity index (χ1) is 18.0. The van der Waals surface area contributed by atoms with Crippen molar-refractivity contribution in [2.45, 2.75) is 31.3 Å². The van der Waals surface area contributed by atoms with Crippen LogP contribution >= 0.6 is 23.2 Å². The maximum Gasteiger partial charge on any atom is 0.264 e. The lowest BCUT2D eigenvalue weighted by Gasteiger charge is -2.32. The van der Waals surface area contributed by atoms with Crippen molar-refractivity contribution in [1.82, 2.24) is 10.2 Å². The maximum absolute atomic E-state index is 13.8. The van der Waals surface area contributed by atoms with Gasteiger partial charge in [0.05, 0.1) is 17.7 Å². The van der Waals surface area contributed by atoms with Gasteiger partial charge >= 0.3 is 0 Å². The van der Waals surface area contributed by atoms with E-state index in [0.29, 0.717) is 27.0 Å². The van der Waals surface area contributed by atoms with E-state index in [1.807, 2.05) is 6.92 Å². The third kappa shape index (κ3) is 6.59. The average molecular weight is 579 g/mol. The first-order valence-electron chi connectivity index (χ1n) is 11.7. The molecule has 38 heavy (non-hydrogen) atoms. The van der Waals surface area contributed by atoms with Crippen LogP contribution in [0.2, 0.25) is 10.0 Å². The summed E-state index contributed by atoms with van der Waals surface area (Å²) in [6.07, 6.45) is 0. The number of carbonyl (C=O) groups is 2. The molecule has 3 rings (SSSR count). The fourth-order valence-corrected chi connectivity index (χ4v) is 5.69. The molecule has 0 fully saturated rings. The number of methoxy groups -OCH3 is 1. The van der Waals surface area contributed by atoms with Gasteiger partial charge in [0, 0.05) is 29.2 Å². The van der Waals surface area contributed by atoms with Crippen LogP contribution in [0.25, 0.3) is 0 Å². The second-order valence-corrected chi connectivity index (χ2v) is 11.2. The zero-order valence-corrected chi connectivity index (χ0v) is 23.8. The SMILES string of the molecule is CNC(=O)[C@@H](C)N(Cc1c(Cl)cccc1Cl)C(=O)CN(c1ccc(C)cc1)S(=O)(=O)c1ccc(OC)cc1. The fourth-order valence-electron chi connectivity index (χ4n) is 3.76. The maximum atomic E-state index is 13.8. The number of sulfonamides is 1. The van der Waals surface area contributed by atoms with Crippen LogP contribution in [-0.2, 0) is 26.2 Å². The van der Waals surface area contributed by atoms with Gasteiger partial charge < -0.3 is 15.0 Å². The average Bonchev–Trinajstić information content (AvgIpc) is 2.91. The first kappa shape index (κ1) is 29.3. The lowest BCUT2D eigenvalue weighted by Crippen LogP contribution is -2.50. The van der Waals surface area contributed by atoms with E-state index in [1.54, 1.807) is 49.4 Å². The predicted molar refractivity (Wildman–Crippen MR) is 149 cm³/mol. The summed E-state index contributed by atoms with van der Waals surface area (Å²) in [5.74, 6) is -0.555. The van der Waals surface area contributed by atoms with E-state index in [4.69, 9.17) is 27.9 Å². The van der Waals surface area contributed by atoms with Crippen molar-refractivity contribution >= 4 is 50.7 Å². The number of halogens is 2. The van der Waals surface area contributed by atoms with Crippen LogP contribution in [0.4, 0.5) is 5.69 Å². The molecule has 202 valence electrons. The van der Waals surface area contributed by atoms with Crippen LogP contribution in [-0.4, -0.2) is 51.9 Å². The summed E-state index contributed by atoms with van der Waals surface area (Å²) in [7, 11) is -1.25. The number of hydrogen-bond acceptors (Lipinski definition) is 5. The Morgan fingerprint density at radius 2 is 1.55 bits per heavy atom. The minimum atomic E-state index is -4.18. The summed E-state index contributed by atoms with van der Waals surface area (Å²) in [6.45, 7) is 2.75. The fraction of sp³-hybridized carbons (Fsp3) is 0.259. The molecule has 1 N–H and O–H groups in total. The largest absolute Gasteiger partial charge is 0.497 e. The number of nitrogens with zero attached hydrogens (tertiary/aromatic N) is 2. The van der Waals surface area contributed by atoms with Gasteiger partial charge in [-0.05, 0) is 62.4 Å². The number of nitrogens with one attached hydrogen (secondary N) is 1. The molecule has 0 unspecified atom stereocenters. The number of carbonyl (C=O) groups excluding carboxylic acids is 2. The van der Waals surface area contributed by atoms with Crippen molar-refractivity contribution in [2.75, 3.05) is 25.0 Å². The number of likely N-dealkylation sites (N-methyl/N-ethyl adjacent to an activating group) is 1. The molecule has 0 spiro atoms. The highest BCUT2D eigenvalue weighted by Gasteiger charge is 2.33. The number of anilines is 1. The predicted octanol–water partition coefficient (Wildman–Crippen LogP) is 4.67. The molecule has 8 nitrogen and oxygen atoms in total. The van der Waals surface area contributed by atoms with E-state index in [1.165, 1.54) is 43.3 Å². The molecule has 3 aromatic rings. The molecule has 0 aliphatic carbocycles. The van der Waals surface area contributed by atoms with Crippen molar-refractivity contribution in [3.63, 3.8) is 0 Å². The van der Waals surface area contributed by atoms with Crippen LogP contribution < -0.4 is 14.4 Å². The highest BCUT2D eigenvalue weighted by atomic mass is 35.5. The van der Waals surface area contributed by atoms with E-state index in [2.05, 4.69) is 5.32 Å². The van der Waals surface area contributed by atoms with Crippen LogP contribution in [0.5, 0.6) is 5.75 Å². The topological polar surface area (TPSA) is 96.0 Å². The van der Waals surface area contributed by atoms with Crippen molar-refractivity contribution in [3.8, 4) is 5.75 Å². The number of aryl methyl sites for hydroxylation is 1. The van der Waals surface area contributed by atoms with Crippen LogP contribution in [0.15, 0.2) is 71.6 Å². The van der Waals surface area contributed by atoms with E-state index >= 15 is 0 Å². The van der Waals surface area contributed by atoms with Crippen molar-refractivity contribution < 1.29 is 22.7 Å². The number of benzene rings is 3. The lowest BCUT2D eigenvalue weighted by molar-refractivity contribution is -0.139. The smallest absolute Gasteiger partial charge is 0.264 e. The molecule has 0 saturated heterocycles. The monoisotopic (exact) mass is 577 g/mol. The summed E-state index contributed by atoms with van der Waals surface area (Å²) in [4.78, 5) is 27.6. The van der Waals surface area contributed by atoms with Crippen LogP contribution in [0, 0.1) is 6.92 Å². The highest BCUT2D eigenvalue weighted by molar-refractivity contribution is 7.92. The molecule has 2 amide bonds. The van der Waals surface area contributed by atoms with Gasteiger partial charge in [-0.25, -0.2) is 8.42 Å². The third-order valence-electron chi connectivity index (χ3n) is 6.05. The Morgan fingerprint density at radius 3 is 2.08 bits per heavy atom. The van der Waals surface area contributed by atoms with Gasteiger partial charge in [0.25, 0.3) is 10.0 Å². The zero-order chi connectivity index (χ0) is 28.0. The molecule has 0 saturated carbocycles. The van der Waals surface area contributed by atoms with Crippen molar-refractivity contribution in [3.05, 3.63) is 87.9 Å². The Balaban J connectivity index is 2.06. The van der Waals surface area contributed by atoms with Gasteiger partial charge in [-0.3, -0.25) is 13.9 Å². The van der Waals surface area contributed by atoms with E-state index in [9.17, 15) is 18.0 Å². The lowest BCUT2D eigenvalue weighted by atomic mass is 10.1. The van der Waals surface area contributed by atoms with Crippen molar-refractivity contribution in [2.24, 2.45) is 0 Å². The Labute approximate surface area is 233 Å². The zero-order valence-electron chi connectivity index (χ0n) is 21.4. The highest BCUT2D eigenvalue weighted by Crippen LogP contribution is 2.29. The molecule has 0 bridgehead atoms. The molecular formula is C27H29Cl2N3O5S. The molecule has 0 radical (unpaired) electrons. The standard InChI is InChI=1S/C27H29Cl2N3O5S/c1-18-8-10-20(11-9-18)32(38(35,36)22-14-12-21(37-4)13-15-22)17-26(33)31(19(2)27(34)30-3)16-23-24(28)6-5-7-25(23)29/h5-15,19H,16-17H2,1-4H3,(H,30,34)/t19-/m1/s1. The quantitative estimate of drug-likeness (QED) is 0.378. The van der Waals surface area contributed by atoms with E-state index in [0.717, 1.165) is 9.87 Å². The summed E-state index contributed by atoms with van der Waals surface area (Å²) < 4.78 is 33.8. The molecule has 0 aliphatic rings. The van der Waals surface area contributed by atoms with Gasteiger partial charge in [0.15, 0.2) is 0 Å². The molecule has 0 aromatic heterocycles. The Hall–Kier alpha value is -3.27. The first-order valence-corrected chi connectivity index (χ1v) is 13.9. The molecule has 0 aliphatic heterocycles. The van der Waals surface area contributed by atoms with E-state index in [-0.39, 0.29) is 11.4 Å². The summed E-state index contributed by atoms with van der Waals surface area (Å²) in [6, 6.07) is 16.6. The van der Waals surface area contributed by atoms with E-state index < -0.39 is 34.4 Å². The number of amides is 2. The minimum absolute atomic E-state index is 0.0216. The van der Waals surface area contributed by atoms with Gasteiger partial charge in [-0.15, -0.1) is 0 Å². The molecule has 1 atom stereocenters. The normalized spacial score (nSPS) is 11.9. The molecule has 3 aromatic carbocycles. The number of ether oxygens (including phenoxy) is 1. The number of rotatable bonds is 10. The number of hydrogen-bond donors (Lipinski definition) is 1. The molecular weight excluding hydrogens is 549 g/mol. The Morgan fingerprint density at radius 1 is 0.974 bits per heavy atom. The van der Waals surface area contributed by atoms with Gasteiger partial charge in [-0.1, -0.05) is 47.0 Å². The van der Waals surface area contributed by atoms with Gasteiger partial charge in [-0.2, -0.15) is 0 Å². The Bertz CT molecular complexity index is 1380. The van der Waals surface area contributed by atoms with Gasteiger partial charge in [0.2, 0.25) is 11.8 Å². The summed E-state index contributed by atoms with van der Waals surface area (Å²) >= 11 is 12.7. The minimum Gasteiger partial charge on any atom is -0.497 e. The molecule has 0 heterocycles. The summed E-state index contributed by atoms with van der Waals surface area (Å²) in [5, 5.41) is 3.17. The Kier molecular flexibility index (Phi) is 9.65. The second-order valence-electron chi connectivity index (χ2n) is 8.53. The van der Waals surface area contributed by atoms with Crippen LogP contribution in [0.1, 0.15) is 18.1 Å². The van der Waals surface area contributed by atoms with Crippen LogP contribution in [0.3, 0.4) is 0 Å². The summed E-state index contributed by atoms with van der Waals surface area (Å²) in [5.41, 5.74) is 1.66. The molecule has 11 heteroatoms. The second kappa shape index (κ2) is 12.5. The van der Waals surface area contributed by atoms with Crippen molar-refractivity contribution in [1.29, 1.82) is 0 Å².